The Hall–Kier alpha value is -2.06. The van der Waals surface area contributed by atoms with Gasteiger partial charge in [-0.15, -0.1) is 5.10 Å². The monoisotopic (exact) mass is 360 g/mol. The summed E-state index contributed by atoms with van der Waals surface area (Å²) in [6, 6.07) is 1.92. The minimum absolute atomic E-state index is 0.0899. The van der Waals surface area contributed by atoms with E-state index in [0.717, 1.165) is 34.3 Å². The Kier molecular flexibility index (Phi) is 3.27. The lowest BCUT2D eigenvalue weighted by atomic mass is 10.1. The van der Waals surface area contributed by atoms with Gasteiger partial charge in [-0.1, -0.05) is 5.21 Å². The molecular weight excluding hydrogens is 348 g/mol. The molecule has 22 heavy (non-hydrogen) atoms. The zero-order valence-corrected chi connectivity index (χ0v) is 13.2. The van der Waals surface area contributed by atoms with Crippen LogP contribution in [0.1, 0.15) is 16.1 Å². The van der Waals surface area contributed by atoms with Crippen LogP contribution in [0.25, 0.3) is 11.0 Å². The number of hydrogen-bond acceptors (Lipinski definition) is 5. The maximum Gasteiger partial charge on any atom is 0.179 e. The van der Waals surface area contributed by atoms with Gasteiger partial charge >= 0.3 is 0 Å². The van der Waals surface area contributed by atoms with E-state index in [9.17, 15) is 4.79 Å². The molecular formula is C14H13BrN6O. The van der Waals surface area contributed by atoms with Gasteiger partial charge in [0.05, 0.1) is 25.0 Å². The number of carbonyl (C=O) groups excluding carboxylic acids is 1. The van der Waals surface area contributed by atoms with Gasteiger partial charge < -0.3 is 4.98 Å². The van der Waals surface area contributed by atoms with Crippen molar-refractivity contribution < 1.29 is 4.79 Å². The number of nitrogens with zero attached hydrogens (tertiary/aromatic N) is 5. The standard InChI is InChI=1S/C14H13BrN6O/c15-9-3-11-12(6-17-14(11)16-4-9)13(22)8-20-1-2-21-10(7-20)5-18-19-21/h3-6H,1-2,7-8H2,(H,16,17). The van der Waals surface area contributed by atoms with Crippen molar-refractivity contribution in [3.63, 3.8) is 0 Å². The Morgan fingerprint density at radius 2 is 2.27 bits per heavy atom. The smallest absolute Gasteiger partial charge is 0.179 e. The Morgan fingerprint density at radius 1 is 1.36 bits per heavy atom. The van der Waals surface area contributed by atoms with Gasteiger partial charge in [0.2, 0.25) is 0 Å². The zero-order chi connectivity index (χ0) is 15.1. The maximum absolute atomic E-state index is 12.6. The van der Waals surface area contributed by atoms with Crippen LogP contribution in [-0.4, -0.2) is 48.7 Å². The first-order valence-electron chi connectivity index (χ1n) is 6.96. The Bertz CT molecular complexity index is 854. The van der Waals surface area contributed by atoms with Crippen molar-refractivity contribution in [2.24, 2.45) is 0 Å². The van der Waals surface area contributed by atoms with Crippen molar-refractivity contribution in [3.05, 3.63) is 40.4 Å². The second-order valence-corrected chi connectivity index (χ2v) is 6.25. The first-order valence-corrected chi connectivity index (χ1v) is 7.75. The molecule has 1 N–H and O–H groups in total. The number of rotatable bonds is 3. The van der Waals surface area contributed by atoms with E-state index in [1.165, 1.54) is 0 Å². The van der Waals surface area contributed by atoms with Crippen LogP contribution in [0, 0.1) is 0 Å². The molecule has 7 nitrogen and oxygen atoms in total. The van der Waals surface area contributed by atoms with Crippen LogP contribution in [0.15, 0.2) is 29.1 Å². The van der Waals surface area contributed by atoms with Gasteiger partial charge in [-0.05, 0) is 22.0 Å². The molecule has 4 heterocycles. The molecule has 0 saturated carbocycles. The fourth-order valence-corrected chi connectivity index (χ4v) is 3.10. The molecule has 0 fully saturated rings. The lowest BCUT2D eigenvalue weighted by molar-refractivity contribution is 0.0908. The highest BCUT2D eigenvalue weighted by atomic mass is 79.9. The van der Waals surface area contributed by atoms with E-state index in [-0.39, 0.29) is 5.78 Å². The highest BCUT2D eigenvalue weighted by molar-refractivity contribution is 9.10. The third-order valence-electron chi connectivity index (χ3n) is 3.88. The van der Waals surface area contributed by atoms with Crippen molar-refractivity contribution in [1.82, 2.24) is 29.9 Å². The SMILES string of the molecule is O=C(CN1CCn2nncc2C1)c1c[nH]c2ncc(Br)cc12. The lowest BCUT2D eigenvalue weighted by Gasteiger charge is -2.26. The van der Waals surface area contributed by atoms with Crippen LogP contribution < -0.4 is 0 Å². The van der Waals surface area contributed by atoms with E-state index in [0.29, 0.717) is 18.7 Å². The molecule has 0 radical (unpaired) electrons. The van der Waals surface area contributed by atoms with Crippen molar-refractivity contribution in [2.45, 2.75) is 13.1 Å². The van der Waals surface area contributed by atoms with Gasteiger partial charge in [0, 0.05) is 40.9 Å². The third kappa shape index (κ3) is 2.34. The summed E-state index contributed by atoms with van der Waals surface area (Å²) in [5.41, 5.74) is 2.45. The zero-order valence-electron chi connectivity index (χ0n) is 11.7. The molecule has 112 valence electrons. The maximum atomic E-state index is 12.6. The van der Waals surface area contributed by atoms with Gasteiger partial charge in [-0.25, -0.2) is 9.67 Å². The van der Waals surface area contributed by atoms with Crippen molar-refractivity contribution >= 4 is 32.7 Å². The average molecular weight is 361 g/mol. The number of nitrogens with one attached hydrogen (secondary N) is 1. The lowest BCUT2D eigenvalue weighted by Crippen LogP contribution is -2.37. The molecule has 1 aliphatic heterocycles. The Labute approximate surface area is 134 Å². The van der Waals surface area contributed by atoms with Gasteiger partial charge in [-0.2, -0.15) is 0 Å². The predicted octanol–water partition coefficient (Wildman–Crippen LogP) is 1.62. The van der Waals surface area contributed by atoms with E-state index in [1.54, 1.807) is 18.6 Å². The summed E-state index contributed by atoms with van der Waals surface area (Å²) in [6.45, 7) is 2.64. The molecule has 0 amide bonds. The van der Waals surface area contributed by atoms with E-state index in [1.807, 2.05) is 10.7 Å². The second kappa shape index (κ2) is 5.29. The van der Waals surface area contributed by atoms with Gasteiger partial charge in [0.1, 0.15) is 5.65 Å². The molecule has 8 heteroatoms. The second-order valence-electron chi connectivity index (χ2n) is 5.33. The summed E-state index contributed by atoms with van der Waals surface area (Å²) >= 11 is 3.40. The predicted molar refractivity (Wildman–Crippen MR) is 83.4 cm³/mol. The topological polar surface area (TPSA) is 79.7 Å². The summed E-state index contributed by atoms with van der Waals surface area (Å²) in [5.74, 6) is 0.0899. The normalized spacial score (nSPS) is 15.1. The first-order chi connectivity index (χ1) is 10.7. The fourth-order valence-electron chi connectivity index (χ4n) is 2.77. The largest absolute Gasteiger partial charge is 0.345 e. The van der Waals surface area contributed by atoms with Crippen LogP contribution in [0.5, 0.6) is 0 Å². The number of Topliss-reactive ketones (excluding diaryl/α,β-unsaturated/α-hetero) is 1. The summed E-state index contributed by atoms with van der Waals surface area (Å²) in [7, 11) is 0. The molecule has 0 aliphatic carbocycles. The highest BCUT2D eigenvalue weighted by Gasteiger charge is 2.21. The van der Waals surface area contributed by atoms with Crippen LogP contribution in [0.4, 0.5) is 0 Å². The number of carbonyl (C=O) groups is 1. The van der Waals surface area contributed by atoms with Crippen molar-refractivity contribution in [1.29, 1.82) is 0 Å². The number of hydrogen-bond donors (Lipinski definition) is 1. The van der Waals surface area contributed by atoms with Crippen LogP contribution in [0.2, 0.25) is 0 Å². The third-order valence-corrected chi connectivity index (χ3v) is 4.31. The minimum Gasteiger partial charge on any atom is -0.345 e. The molecule has 3 aromatic heterocycles. The van der Waals surface area contributed by atoms with Gasteiger partial charge in [0.15, 0.2) is 5.78 Å². The number of pyridine rings is 1. The van der Waals surface area contributed by atoms with E-state index in [4.69, 9.17) is 0 Å². The summed E-state index contributed by atoms with van der Waals surface area (Å²) in [6.07, 6.45) is 5.21. The van der Waals surface area contributed by atoms with Gasteiger partial charge in [0.25, 0.3) is 0 Å². The number of aromatic nitrogens is 5. The summed E-state index contributed by atoms with van der Waals surface area (Å²) in [5, 5.41) is 8.76. The molecule has 0 unspecified atom stereocenters. The molecule has 0 bridgehead atoms. The van der Waals surface area contributed by atoms with E-state index in [2.05, 4.69) is 41.1 Å². The number of halogens is 1. The quantitative estimate of drug-likeness (QED) is 0.717. The minimum atomic E-state index is 0.0899. The number of ketones is 1. The molecule has 3 aromatic rings. The van der Waals surface area contributed by atoms with Crippen molar-refractivity contribution in [2.75, 3.05) is 13.1 Å². The number of aromatic amines is 1. The van der Waals surface area contributed by atoms with Gasteiger partial charge in [-0.3, -0.25) is 9.69 Å². The summed E-state index contributed by atoms with van der Waals surface area (Å²) < 4.78 is 2.75. The summed E-state index contributed by atoms with van der Waals surface area (Å²) in [4.78, 5) is 22.0. The van der Waals surface area contributed by atoms with Crippen molar-refractivity contribution in [3.8, 4) is 0 Å². The molecule has 0 saturated heterocycles. The number of fused-ring (bicyclic) bond motifs is 2. The molecule has 4 rings (SSSR count). The average Bonchev–Trinajstić information content (AvgIpc) is 3.12. The fraction of sp³-hybridized carbons (Fsp3) is 0.286. The molecule has 1 aliphatic rings. The number of H-pyrrole nitrogens is 1. The van der Waals surface area contributed by atoms with Crippen LogP contribution in [0.3, 0.4) is 0 Å². The van der Waals surface area contributed by atoms with Crippen LogP contribution >= 0.6 is 15.9 Å². The Morgan fingerprint density at radius 3 is 3.18 bits per heavy atom. The van der Waals surface area contributed by atoms with E-state index < -0.39 is 0 Å². The van der Waals surface area contributed by atoms with Crippen LogP contribution in [-0.2, 0) is 13.1 Å². The van der Waals surface area contributed by atoms with E-state index >= 15 is 0 Å². The molecule has 0 spiro atoms. The molecule has 0 atom stereocenters. The Balaban J connectivity index is 1.56. The molecule has 0 aromatic carbocycles. The highest BCUT2D eigenvalue weighted by Crippen LogP contribution is 2.21. The first kappa shape index (κ1) is 13.6.